The van der Waals surface area contributed by atoms with Crippen LogP contribution < -0.4 is 40.7 Å². The number of carboxylic acids is 1. The summed E-state index contributed by atoms with van der Waals surface area (Å²) in [6.07, 6.45) is 27.5. The third-order valence-electron chi connectivity index (χ3n) is 15.5. The minimum absolute atomic E-state index is 0. The van der Waals surface area contributed by atoms with Gasteiger partial charge in [-0.25, -0.2) is 19.6 Å². The van der Waals surface area contributed by atoms with Crippen LogP contribution in [0.1, 0.15) is 181 Å². The number of hydrogen-bond acceptors (Lipinski definition) is 10. The molecule has 4 bridgehead atoms. The largest absolute Gasteiger partial charge is 1.00 e. The van der Waals surface area contributed by atoms with Gasteiger partial charge in [0.1, 0.15) is 0 Å². The smallest absolute Gasteiger partial charge is 0.870 e. The van der Waals surface area contributed by atoms with Gasteiger partial charge in [0.25, 0.3) is 11.1 Å². The number of piperidine rings is 2. The number of fused-ring (bicyclic) bond motifs is 6. The first kappa shape index (κ1) is 54.1. The van der Waals surface area contributed by atoms with Crippen molar-refractivity contribution >= 4 is 58.8 Å². The number of carbonyl (C=O) groups excluding carboxylic acids is 1. The molecule has 0 radical (unpaired) electrons. The summed E-state index contributed by atoms with van der Waals surface area (Å²) in [4.78, 5) is 65.0. The van der Waals surface area contributed by atoms with Crippen molar-refractivity contribution in [3.05, 3.63) is 80.6 Å². The molecule has 6 fully saturated rings. The van der Waals surface area contributed by atoms with E-state index in [1.807, 2.05) is 47.0 Å². The van der Waals surface area contributed by atoms with Crippen LogP contribution in [0.25, 0.3) is 22.1 Å². The fourth-order valence-corrected chi connectivity index (χ4v) is 13.0. The molecule has 16 heteroatoms. The van der Waals surface area contributed by atoms with Crippen molar-refractivity contribution in [1.29, 1.82) is 0 Å². The molecule has 2 saturated carbocycles. The molecule has 4 aliphatic heterocycles. The minimum atomic E-state index is -1.24. The van der Waals surface area contributed by atoms with Crippen LogP contribution in [0, 0.1) is 0 Å². The average molecular weight is 960 g/mol. The molecule has 2 aliphatic carbocycles. The third kappa shape index (κ3) is 11.3. The number of ether oxygens (including phenoxy) is 1. The molecular weight excluding hydrogens is 890 g/mol. The van der Waals surface area contributed by atoms with E-state index < -0.39 is 17.5 Å². The summed E-state index contributed by atoms with van der Waals surface area (Å²) in [5, 5.41) is 9.54. The van der Waals surface area contributed by atoms with Gasteiger partial charge >= 0.3 is 41.5 Å². The predicted octanol–water partition coefficient (Wildman–Crippen LogP) is 6.90. The van der Waals surface area contributed by atoms with Gasteiger partial charge in [-0.2, -0.15) is 0 Å². The van der Waals surface area contributed by atoms with Crippen LogP contribution in [-0.4, -0.2) is 94.3 Å². The zero-order valence-electron chi connectivity index (χ0n) is 38.9. The average Bonchev–Trinajstić information content (AvgIpc) is 3.65. The Morgan fingerprint density at radius 1 is 0.545 bits per heavy atom. The number of esters is 1. The van der Waals surface area contributed by atoms with Crippen LogP contribution >= 0.6 is 24.8 Å². The van der Waals surface area contributed by atoms with Crippen LogP contribution in [-0.2, 0) is 4.74 Å². The zero-order chi connectivity index (χ0) is 42.7. The molecule has 2 aromatic heterocycles. The van der Waals surface area contributed by atoms with Crippen molar-refractivity contribution in [2.75, 3.05) is 6.61 Å². The Hall–Kier alpha value is -2.88. The Labute approximate surface area is 423 Å². The second-order valence-corrected chi connectivity index (χ2v) is 19.2. The van der Waals surface area contributed by atoms with E-state index >= 15 is 0 Å². The van der Waals surface area contributed by atoms with Crippen molar-refractivity contribution in [2.24, 2.45) is 0 Å². The summed E-state index contributed by atoms with van der Waals surface area (Å²) in [5.41, 5.74) is 1.67. The van der Waals surface area contributed by atoms with Crippen LogP contribution in [0.2, 0.25) is 0 Å². The normalized spacial score (nSPS) is 26.1. The number of benzene rings is 2. The van der Waals surface area contributed by atoms with Gasteiger partial charge in [0, 0.05) is 48.3 Å². The predicted molar refractivity (Wildman–Crippen MR) is 257 cm³/mol. The number of nitrogens with zero attached hydrogens (tertiary/aromatic N) is 6. The Bertz CT molecular complexity index is 2340. The molecule has 6 aliphatic rings. The number of carboxylic acid groups (broad SMARTS) is 1. The molecule has 356 valence electrons. The van der Waals surface area contributed by atoms with Crippen LogP contribution in [0.15, 0.2) is 58.1 Å². The van der Waals surface area contributed by atoms with E-state index in [0.29, 0.717) is 47.3 Å². The number of aromatic nitrogens is 4. The summed E-state index contributed by atoms with van der Waals surface area (Å²) >= 11 is 0. The van der Waals surface area contributed by atoms with Gasteiger partial charge < -0.3 is 24.5 Å². The first-order valence-electron chi connectivity index (χ1n) is 24.3. The van der Waals surface area contributed by atoms with E-state index in [-0.39, 0.29) is 95.5 Å². The van der Waals surface area contributed by atoms with Gasteiger partial charge in [0.2, 0.25) is 11.4 Å². The molecule has 66 heavy (non-hydrogen) atoms. The maximum absolute atomic E-state index is 13.5. The van der Waals surface area contributed by atoms with Crippen LogP contribution in [0.3, 0.4) is 0 Å². The fraction of sp³-hybridized carbons (Fsp3) is 0.640. The Balaban J connectivity index is 0.000000234. The van der Waals surface area contributed by atoms with Crippen molar-refractivity contribution in [3.63, 3.8) is 0 Å². The first-order valence-corrected chi connectivity index (χ1v) is 24.3. The number of halogens is 2. The molecule has 6 atom stereocenters. The molecule has 2 aromatic carbocycles. The number of hydrogen-bond donors (Lipinski definition) is 1. The molecule has 0 amide bonds. The minimum Gasteiger partial charge on any atom is -0.870 e. The van der Waals surface area contributed by atoms with Crippen molar-refractivity contribution in [2.45, 2.75) is 197 Å². The van der Waals surface area contributed by atoms with E-state index in [1.165, 1.54) is 116 Å². The Morgan fingerprint density at radius 2 is 0.894 bits per heavy atom. The van der Waals surface area contributed by atoms with Crippen LogP contribution in [0.4, 0.5) is 0 Å². The molecular formula is C50H69Cl2N6NaO7. The van der Waals surface area contributed by atoms with E-state index in [1.54, 1.807) is 17.6 Å². The fourth-order valence-electron chi connectivity index (χ4n) is 13.0. The monoisotopic (exact) mass is 958 g/mol. The summed E-state index contributed by atoms with van der Waals surface area (Å²) < 4.78 is 8.78. The Morgan fingerprint density at radius 3 is 1.27 bits per heavy atom. The quantitative estimate of drug-likeness (QED) is 0.151. The molecule has 10 rings (SSSR count). The van der Waals surface area contributed by atoms with E-state index in [9.17, 15) is 24.3 Å². The topological polar surface area (TPSA) is 170 Å². The number of rotatable bonds is 7. The van der Waals surface area contributed by atoms with Gasteiger partial charge in [0.15, 0.2) is 0 Å². The van der Waals surface area contributed by atoms with Crippen molar-refractivity contribution in [1.82, 2.24) is 28.9 Å². The number of para-hydroxylation sites is 4. The molecule has 2 unspecified atom stereocenters. The third-order valence-corrected chi connectivity index (χ3v) is 15.5. The van der Waals surface area contributed by atoms with Gasteiger partial charge in [-0.15, -0.1) is 24.8 Å². The summed E-state index contributed by atoms with van der Waals surface area (Å²) in [5.74, 6) is -1.86. The van der Waals surface area contributed by atoms with E-state index in [4.69, 9.17) is 4.74 Å². The zero-order valence-corrected chi connectivity index (χ0v) is 42.6. The second kappa shape index (κ2) is 24.6. The van der Waals surface area contributed by atoms with Gasteiger partial charge in [-0.1, -0.05) is 88.5 Å². The number of carbonyl (C=O) groups is 2. The SMILES string of the molecule is CCOC(=O)c1nc2ccccc2n(C2C[C@H]3CC[C@@H](C2)N3C2CCCCCCC2)c1=O.Cl.Cl.O=C(O)c1nc2ccccc2n(C2C[C@H]3CC[C@@H](C2)N3C2CCCCCCC2)c1=O.[Na+].[OH-]. The molecule has 0 spiro atoms. The first-order chi connectivity index (χ1) is 30.3. The summed E-state index contributed by atoms with van der Waals surface area (Å²) in [6, 6.07) is 18.8. The van der Waals surface area contributed by atoms with Crippen molar-refractivity contribution in [3.8, 4) is 0 Å². The number of aromatic carboxylic acids is 1. The van der Waals surface area contributed by atoms with Gasteiger partial charge in [-0.3, -0.25) is 19.4 Å². The molecule has 2 N–H and O–H groups in total. The Kier molecular flexibility index (Phi) is 20.2. The molecule has 13 nitrogen and oxygen atoms in total. The maximum Gasteiger partial charge on any atom is 1.00 e. The van der Waals surface area contributed by atoms with Gasteiger partial charge in [-0.05, 0) is 108 Å². The molecule has 6 heterocycles. The molecule has 4 saturated heterocycles. The van der Waals surface area contributed by atoms with E-state index in [0.717, 1.165) is 36.7 Å². The van der Waals surface area contributed by atoms with Gasteiger partial charge in [0.05, 0.1) is 28.7 Å². The van der Waals surface area contributed by atoms with Crippen molar-refractivity contribution < 1.29 is 54.5 Å². The maximum atomic E-state index is 13.5. The molecule has 4 aromatic rings. The van der Waals surface area contributed by atoms with E-state index in [2.05, 4.69) is 19.8 Å². The second-order valence-electron chi connectivity index (χ2n) is 19.2. The summed E-state index contributed by atoms with van der Waals surface area (Å²) in [7, 11) is 0. The summed E-state index contributed by atoms with van der Waals surface area (Å²) in [6.45, 7) is 1.98. The van der Waals surface area contributed by atoms with Crippen LogP contribution in [0.5, 0.6) is 0 Å². The standard InChI is InChI=1S/C26H35N3O3.C24H31N3O3.2ClH.Na.H2O/c1-2-32-26(31)24-25(30)29(23-13-9-8-12-22(23)27-24)21-16-19-14-15-20(17-21)28(19)18-10-6-4-3-5-7-11-18;28-23-22(24(29)30)25-20-10-6-7-11-21(20)27(23)19-14-17-12-13-18(15-19)26(17)16-8-4-2-1-3-5-9-16;;;;/h8-9,12-13,18-21H,2-7,10-11,14-17H2,1H3;6-7,10-11,16-19H,1-5,8-9,12-15H2,(H,29,30);2*1H;;1H2/q;;;;+1;/p-1/t19-,20+,21?;17-,18+,19?;;;;.